The molecule has 11 heavy (non-hydrogen) atoms. The maximum absolute atomic E-state index is 5.15. The Labute approximate surface area is 66.9 Å². The van der Waals surface area contributed by atoms with Crippen molar-refractivity contribution in [2.75, 3.05) is 13.1 Å². The maximum atomic E-state index is 5.15. The van der Waals surface area contributed by atoms with Crippen molar-refractivity contribution in [1.29, 1.82) is 0 Å². The monoisotopic (exact) mass is 151 g/mol. The molecule has 0 aliphatic rings. The zero-order valence-corrected chi connectivity index (χ0v) is 6.55. The lowest BCUT2D eigenvalue weighted by atomic mass is 10.3. The topological polar surface area (TPSA) is 25.2 Å². The van der Waals surface area contributed by atoms with Crippen LogP contribution < -0.4 is 5.32 Å². The molecule has 0 atom stereocenters. The minimum Gasteiger partial charge on any atom is -0.469 e. The fourth-order valence-electron chi connectivity index (χ4n) is 0.871. The predicted octanol–water partition coefficient (Wildman–Crippen LogP) is 1.60. The molecule has 60 valence electrons. The highest BCUT2D eigenvalue weighted by Crippen LogP contribution is 1.98. The van der Waals surface area contributed by atoms with E-state index in [1.807, 2.05) is 18.2 Å². The molecule has 0 aliphatic carbocycles. The van der Waals surface area contributed by atoms with Crippen LogP contribution in [0.25, 0.3) is 0 Å². The standard InChI is InChI=1S/C9H13NO/c1-2-6-10-7-5-9-4-3-8-11-9/h2-4,8,10H,1,5-7H2. The Morgan fingerprint density at radius 1 is 1.64 bits per heavy atom. The summed E-state index contributed by atoms with van der Waals surface area (Å²) in [4.78, 5) is 0. The second kappa shape index (κ2) is 4.74. The Hall–Kier alpha value is -1.02. The van der Waals surface area contributed by atoms with Crippen LogP contribution in [0.1, 0.15) is 5.76 Å². The quantitative estimate of drug-likeness (QED) is 0.510. The smallest absolute Gasteiger partial charge is 0.105 e. The zero-order valence-electron chi connectivity index (χ0n) is 6.55. The van der Waals surface area contributed by atoms with E-state index in [2.05, 4.69) is 11.9 Å². The SMILES string of the molecule is C=CCNCCc1ccco1. The molecule has 1 N–H and O–H groups in total. The number of hydrogen-bond acceptors (Lipinski definition) is 2. The van der Waals surface area contributed by atoms with E-state index < -0.39 is 0 Å². The van der Waals surface area contributed by atoms with Gasteiger partial charge in [0.1, 0.15) is 5.76 Å². The largest absolute Gasteiger partial charge is 0.469 e. The van der Waals surface area contributed by atoms with Crippen molar-refractivity contribution < 1.29 is 4.42 Å². The van der Waals surface area contributed by atoms with Crippen LogP contribution in [-0.2, 0) is 6.42 Å². The van der Waals surface area contributed by atoms with Crippen LogP contribution in [0.2, 0.25) is 0 Å². The summed E-state index contributed by atoms with van der Waals surface area (Å²) in [5.74, 6) is 1.03. The normalized spacial score (nSPS) is 9.82. The highest BCUT2D eigenvalue weighted by Gasteiger charge is 1.92. The summed E-state index contributed by atoms with van der Waals surface area (Å²) < 4.78 is 5.15. The van der Waals surface area contributed by atoms with Gasteiger partial charge in [0, 0.05) is 19.5 Å². The van der Waals surface area contributed by atoms with Gasteiger partial charge in [0.15, 0.2) is 0 Å². The number of furan rings is 1. The molecule has 2 nitrogen and oxygen atoms in total. The molecule has 0 radical (unpaired) electrons. The Morgan fingerprint density at radius 3 is 3.18 bits per heavy atom. The highest BCUT2D eigenvalue weighted by molar-refractivity contribution is 4.98. The third-order valence-corrected chi connectivity index (χ3v) is 1.42. The van der Waals surface area contributed by atoms with Crippen LogP contribution in [0, 0.1) is 0 Å². The van der Waals surface area contributed by atoms with Crippen LogP contribution in [0.15, 0.2) is 35.5 Å². The molecule has 1 aromatic rings. The third kappa shape index (κ3) is 3.05. The molecular formula is C9H13NO. The van der Waals surface area contributed by atoms with Crippen LogP contribution >= 0.6 is 0 Å². The van der Waals surface area contributed by atoms with E-state index in [4.69, 9.17) is 4.42 Å². The average molecular weight is 151 g/mol. The Bertz CT molecular complexity index is 191. The summed E-state index contributed by atoms with van der Waals surface area (Å²) >= 11 is 0. The molecule has 0 saturated heterocycles. The lowest BCUT2D eigenvalue weighted by Gasteiger charge is -1.97. The summed E-state index contributed by atoms with van der Waals surface area (Å²) in [7, 11) is 0. The van der Waals surface area contributed by atoms with Gasteiger partial charge in [-0.25, -0.2) is 0 Å². The summed E-state index contributed by atoms with van der Waals surface area (Å²) in [6, 6.07) is 3.89. The van der Waals surface area contributed by atoms with Gasteiger partial charge in [0.25, 0.3) is 0 Å². The molecule has 1 rings (SSSR count). The van der Waals surface area contributed by atoms with Crippen molar-refractivity contribution in [3.05, 3.63) is 36.8 Å². The molecule has 0 saturated carbocycles. The van der Waals surface area contributed by atoms with Crippen molar-refractivity contribution in [3.8, 4) is 0 Å². The first kappa shape index (κ1) is 8.08. The minimum absolute atomic E-state index is 0.862. The van der Waals surface area contributed by atoms with E-state index in [1.165, 1.54) is 0 Å². The average Bonchev–Trinajstić information content (AvgIpc) is 2.50. The second-order valence-electron chi connectivity index (χ2n) is 2.32. The molecule has 0 amide bonds. The van der Waals surface area contributed by atoms with Gasteiger partial charge in [-0.05, 0) is 12.1 Å². The van der Waals surface area contributed by atoms with Gasteiger partial charge >= 0.3 is 0 Å². The van der Waals surface area contributed by atoms with E-state index in [0.29, 0.717) is 0 Å². The minimum atomic E-state index is 0.862. The molecule has 1 aromatic heterocycles. The Morgan fingerprint density at radius 2 is 2.55 bits per heavy atom. The van der Waals surface area contributed by atoms with Gasteiger partial charge in [0.2, 0.25) is 0 Å². The lowest BCUT2D eigenvalue weighted by Crippen LogP contribution is -2.16. The lowest BCUT2D eigenvalue weighted by molar-refractivity contribution is 0.502. The van der Waals surface area contributed by atoms with E-state index in [9.17, 15) is 0 Å². The first-order valence-corrected chi connectivity index (χ1v) is 3.77. The molecule has 0 unspecified atom stereocenters. The van der Waals surface area contributed by atoms with E-state index in [1.54, 1.807) is 6.26 Å². The fraction of sp³-hybridized carbons (Fsp3) is 0.333. The van der Waals surface area contributed by atoms with Crippen molar-refractivity contribution in [1.82, 2.24) is 5.32 Å². The zero-order chi connectivity index (χ0) is 7.94. The van der Waals surface area contributed by atoms with Gasteiger partial charge in [-0.3, -0.25) is 0 Å². The number of hydrogen-bond donors (Lipinski definition) is 1. The van der Waals surface area contributed by atoms with E-state index in [-0.39, 0.29) is 0 Å². The van der Waals surface area contributed by atoms with Crippen molar-refractivity contribution in [2.45, 2.75) is 6.42 Å². The first-order chi connectivity index (χ1) is 5.43. The summed E-state index contributed by atoms with van der Waals surface area (Å²) in [5.41, 5.74) is 0. The van der Waals surface area contributed by atoms with Crippen LogP contribution in [-0.4, -0.2) is 13.1 Å². The molecule has 0 fully saturated rings. The molecule has 0 aromatic carbocycles. The predicted molar refractivity (Wildman–Crippen MR) is 45.5 cm³/mol. The van der Waals surface area contributed by atoms with Crippen molar-refractivity contribution in [2.24, 2.45) is 0 Å². The Kier molecular flexibility index (Phi) is 3.48. The Balaban J connectivity index is 2.09. The van der Waals surface area contributed by atoms with Crippen LogP contribution in [0.4, 0.5) is 0 Å². The molecule has 1 heterocycles. The fourth-order valence-corrected chi connectivity index (χ4v) is 0.871. The van der Waals surface area contributed by atoms with Crippen molar-refractivity contribution >= 4 is 0 Å². The highest BCUT2D eigenvalue weighted by atomic mass is 16.3. The first-order valence-electron chi connectivity index (χ1n) is 3.77. The van der Waals surface area contributed by atoms with Crippen LogP contribution in [0.5, 0.6) is 0 Å². The molecular weight excluding hydrogens is 138 g/mol. The molecule has 0 aliphatic heterocycles. The molecule has 0 spiro atoms. The number of rotatable bonds is 5. The maximum Gasteiger partial charge on any atom is 0.105 e. The summed E-state index contributed by atoms with van der Waals surface area (Å²) in [6.45, 7) is 5.42. The third-order valence-electron chi connectivity index (χ3n) is 1.42. The molecule has 2 heteroatoms. The van der Waals surface area contributed by atoms with Gasteiger partial charge in [-0.15, -0.1) is 6.58 Å². The summed E-state index contributed by atoms with van der Waals surface area (Å²) in [5, 5.41) is 3.20. The van der Waals surface area contributed by atoms with Crippen LogP contribution in [0.3, 0.4) is 0 Å². The van der Waals surface area contributed by atoms with Gasteiger partial charge < -0.3 is 9.73 Å². The summed E-state index contributed by atoms with van der Waals surface area (Å²) in [6.07, 6.45) is 4.49. The van der Waals surface area contributed by atoms with E-state index in [0.717, 1.165) is 25.3 Å². The second-order valence-corrected chi connectivity index (χ2v) is 2.32. The van der Waals surface area contributed by atoms with Gasteiger partial charge in [-0.2, -0.15) is 0 Å². The van der Waals surface area contributed by atoms with Gasteiger partial charge in [-0.1, -0.05) is 6.08 Å². The molecule has 0 bridgehead atoms. The number of nitrogens with one attached hydrogen (secondary N) is 1. The van der Waals surface area contributed by atoms with Crippen molar-refractivity contribution in [3.63, 3.8) is 0 Å². The van der Waals surface area contributed by atoms with E-state index >= 15 is 0 Å². The van der Waals surface area contributed by atoms with Gasteiger partial charge in [0.05, 0.1) is 6.26 Å².